The molecule has 2 heterocycles. The largest absolute Gasteiger partial charge is 0.393 e. The summed E-state index contributed by atoms with van der Waals surface area (Å²) in [7, 11) is -4.10. The fourth-order valence-electron chi connectivity index (χ4n) is 4.24. The zero-order chi connectivity index (χ0) is 25.9. The first kappa shape index (κ1) is 25.5. The van der Waals surface area contributed by atoms with Crippen LogP contribution in [0.5, 0.6) is 0 Å². The van der Waals surface area contributed by atoms with Gasteiger partial charge in [-0.15, -0.1) is 6.42 Å². The number of hydrogen-bond acceptors (Lipinski definition) is 9. The minimum atomic E-state index is -4.10. The van der Waals surface area contributed by atoms with Crippen LogP contribution < -0.4 is 10.5 Å². The number of carbonyl (C=O) groups excluding carboxylic acids is 1. The van der Waals surface area contributed by atoms with Gasteiger partial charge in [-0.3, -0.25) is 13.7 Å². The molecule has 2 aromatic heterocycles. The van der Waals surface area contributed by atoms with Crippen LogP contribution in [-0.2, 0) is 14.5 Å². The summed E-state index contributed by atoms with van der Waals surface area (Å²) < 4.78 is 28.4. The van der Waals surface area contributed by atoms with Crippen molar-refractivity contribution in [1.82, 2.24) is 19.7 Å². The summed E-state index contributed by atoms with van der Waals surface area (Å²) in [5.74, 6) is 2.11. The molecule has 0 aliphatic heterocycles. The number of benzene rings is 1. The van der Waals surface area contributed by atoms with Gasteiger partial charge in [0.15, 0.2) is 0 Å². The van der Waals surface area contributed by atoms with Crippen LogP contribution in [0, 0.1) is 18.3 Å². The Kier molecular flexibility index (Phi) is 7.46. The predicted octanol–water partition coefficient (Wildman–Crippen LogP) is 1.27. The van der Waals surface area contributed by atoms with Crippen molar-refractivity contribution in [3.8, 4) is 12.3 Å². The summed E-state index contributed by atoms with van der Waals surface area (Å²) in [5.41, 5.74) is 2.16. The molecule has 1 aliphatic carbocycles. The monoisotopic (exact) mass is 510 g/mol. The highest BCUT2D eigenvalue weighted by Gasteiger charge is 2.35. The Balaban J connectivity index is 1.48. The number of ketones is 1. The first-order valence-corrected chi connectivity index (χ1v) is 12.7. The zero-order valence-electron chi connectivity index (χ0n) is 19.5. The van der Waals surface area contributed by atoms with Crippen LogP contribution in [0.1, 0.15) is 53.0 Å². The van der Waals surface area contributed by atoms with Crippen LogP contribution >= 0.6 is 0 Å². The number of anilines is 1. The third-order valence-electron chi connectivity index (χ3n) is 6.18. The van der Waals surface area contributed by atoms with Crippen LogP contribution in [0.3, 0.4) is 0 Å². The molecular formula is C24H26N6O5S. The molecule has 1 aromatic carbocycles. The molecule has 188 valence electrons. The van der Waals surface area contributed by atoms with Crippen LogP contribution in [-0.4, -0.2) is 57.8 Å². The lowest BCUT2D eigenvalue weighted by molar-refractivity contribution is 0.101. The fraction of sp³-hybridized carbons (Fsp3) is 0.333. The van der Waals surface area contributed by atoms with Gasteiger partial charge in [0.05, 0.1) is 24.3 Å². The van der Waals surface area contributed by atoms with E-state index in [0.29, 0.717) is 18.7 Å². The van der Waals surface area contributed by atoms with Crippen LogP contribution in [0.4, 0.5) is 5.82 Å². The van der Waals surface area contributed by atoms with Crippen molar-refractivity contribution < 1.29 is 22.5 Å². The number of aliphatic hydroxyl groups excluding tert-OH is 1. The lowest BCUT2D eigenvalue weighted by Crippen LogP contribution is -2.24. The average molecular weight is 511 g/mol. The van der Waals surface area contributed by atoms with Crippen LogP contribution in [0.25, 0.3) is 0 Å². The van der Waals surface area contributed by atoms with E-state index in [9.17, 15) is 18.3 Å². The Morgan fingerprint density at radius 2 is 2.19 bits per heavy atom. The van der Waals surface area contributed by atoms with Crippen molar-refractivity contribution >= 4 is 21.9 Å². The molecule has 36 heavy (non-hydrogen) atoms. The summed E-state index contributed by atoms with van der Waals surface area (Å²) in [6.45, 7) is 1.73. The minimum Gasteiger partial charge on any atom is -0.393 e. The van der Waals surface area contributed by atoms with E-state index in [-0.39, 0.29) is 35.7 Å². The van der Waals surface area contributed by atoms with Gasteiger partial charge in [0.1, 0.15) is 17.8 Å². The number of aromatic nitrogens is 4. The standard InChI is InChI=1S/C24H26N6O5S/c1-3-16-5-4-6-17(9-16)15(2)30-8-7-21(29-30)23(32)20-12-26-14-27-24(20)28-19-10-18(22(31)11-19)13-35-36(25,33)34/h1,4-9,12,14-15,18-19,22,31H,10-11,13H2,2H3,(H2,25,33,34)(H,26,27,28)/t15-,18+,19+,22-/m0/s1. The number of rotatable bonds is 9. The van der Waals surface area contributed by atoms with Crippen molar-refractivity contribution in [3.05, 3.63) is 71.4 Å². The summed E-state index contributed by atoms with van der Waals surface area (Å²) in [4.78, 5) is 21.5. The van der Waals surface area contributed by atoms with Crippen molar-refractivity contribution in [1.29, 1.82) is 0 Å². The molecule has 0 radical (unpaired) electrons. The van der Waals surface area contributed by atoms with Crippen LogP contribution in [0.2, 0.25) is 0 Å². The molecule has 1 aliphatic rings. The molecule has 4 atom stereocenters. The minimum absolute atomic E-state index is 0.152. The van der Waals surface area contributed by atoms with E-state index < -0.39 is 22.3 Å². The molecule has 11 nitrogen and oxygen atoms in total. The highest BCUT2D eigenvalue weighted by molar-refractivity contribution is 7.84. The van der Waals surface area contributed by atoms with Crippen molar-refractivity contribution in [3.63, 3.8) is 0 Å². The van der Waals surface area contributed by atoms with Gasteiger partial charge in [0.2, 0.25) is 5.78 Å². The number of nitrogens with zero attached hydrogens (tertiary/aromatic N) is 4. The van der Waals surface area contributed by atoms with Gasteiger partial charge in [0.25, 0.3) is 0 Å². The van der Waals surface area contributed by atoms with Crippen LogP contribution in [0.15, 0.2) is 49.1 Å². The first-order valence-electron chi connectivity index (χ1n) is 11.2. The molecule has 0 spiro atoms. The average Bonchev–Trinajstić information content (AvgIpc) is 3.48. The molecule has 0 saturated heterocycles. The van der Waals surface area contributed by atoms with Crippen molar-refractivity contribution in [2.75, 3.05) is 11.9 Å². The predicted molar refractivity (Wildman–Crippen MR) is 131 cm³/mol. The second-order valence-electron chi connectivity index (χ2n) is 8.66. The van der Waals surface area contributed by atoms with Gasteiger partial charge < -0.3 is 10.4 Å². The molecule has 4 N–H and O–H groups in total. The summed E-state index contributed by atoms with van der Waals surface area (Å²) in [6, 6.07) is 8.77. The van der Waals surface area contributed by atoms with Gasteiger partial charge in [-0.1, -0.05) is 18.1 Å². The third-order valence-corrected chi connectivity index (χ3v) is 6.64. The topological polar surface area (TPSA) is 162 Å². The number of nitrogens with one attached hydrogen (secondary N) is 1. The first-order chi connectivity index (χ1) is 17.1. The Morgan fingerprint density at radius 1 is 1.39 bits per heavy atom. The highest BCUT2D eigenvalue weighted by atomic mass is 32.2. The summed E-state index contributed by atoms with van der Waals surface area (Å²) >= 11 is 0. The third kappa shape index (κ3) is 5.95. The second kappa shape index (κ2) is 10.5. The van der Waals surface area contributed by atoms with Crippen molar-refractivity contribution in [2.45, 2.75) is 38.0 Å². The molecule has 1 fully saturated rings. The Hall–Kier alpha value is -3.63. The van der Waals surface area contributed by atoms with E-state index in [1.165, 1.54) is 12.5 Å². The lowest BCUT2D eigenvalue weighted by Gasteiger charge is -2.15. The SMILES string of the molecule is C#Cc1cccc([C@H](C)n2ccc(C(=O)c3cncnc3N[C@@H]3C[C@H](COS(N)(=O)=O)[C@@H](O)C3)n2)c1. The number of carbonyl (C=O) groups is 1. The second-order valence-corrected chi connectivity index (χ2v) is 9.88. The summed E-state index contributed by atoms with van der Waals surface area (Å²) in [5, 5.41) is 22.8. The van der Waals surface area contributed by atoms with Gasteiger partial charge in [0, 0.05) is 29.9 Å². The van der Waals surface area contributed by atoms with Gasteiger partial charge >= 0.3 is 10.3 Å². The Labute approximate surface area is 209 Å². The van der Waals surface area contributed by atoms with Gasteiger partial charge in [-0.2, -0.15) is 13.5 Å². The number of nitrogens with two attached hydrogens (primary N) is 1. The Morgan fingerprint density at radius 3 is 2.94 bits per heavy atom. The quantitative estimate of drug-likeness (QED) is 0.284. The van der Waals surface area contributed by atoms with E-state index in [4.69, 9.17) is 11.6 Å². The molecule has 0 amide bonds. The van der Waals surface area contributed by atoms with E-state index in [1.807, 2.05) is 31.2 Å². The molecule has 3 aromatic rings. The highest BCUT2D eigenvalue weighted by Crippen LogP contribution is 2.30. The molecule has 12 heteroatoms. The van der Waals surface area contributed by atoms with E-state index in [2.05, 4.69) is 30.5 Å². The van der Waals surface area contributed by atoms with Crippen molar-refractivity contribution in [2.24, 2.45) is 11.1 Å². The Bertz CT molecular complexity index is 1400. The number of hydrogen-bond donors (Lipinski definition) is 3. The maximum absolute atomic E-state index is 13.3. The molecule has 0 bridgehead atoms. The normalized spacial score (nSPS) is 20.6. The van der Waals surface area contributed by atoms with Gasteiger partial charge in [-0.05, 0) is 43.5 Å². The van der Waals surface area contributed by atoms with E-state index >= 15 is 0 Å². The molecule has 1 saturated carbocycles. The smallest absolute Gasteiger partial charge is 0.333 e. The fourth-order valence-corrected chi connectivity index (χ4v) is 4.60. The van der Waals surface area contributed by atoms with E-state index in [1.54, 1.807) is 16.9 Å². The number of aliphatic hydroxyl groups is 1. The molecule has 0 unspecified atom stereocenters. The molecule has 4 rings (SSSR count). The van der Waals surface area contributed by atoms with E-state index in [0.717, 1.165) is 11.1 Å². The molecular weight excluding hydrogens is 484 g/mol. The lowest BCUT2D eigenvalue weighted by atomic mass is 10.1. The zero-order valence-corrected chi connectivity index (χ0v) is 20.3. The van der Waals surface area contributed by atoms with Gasteiger partial charge in [-0.25, -0.2) is 15.1 Å². The summed E-state index contributed by atoms with van der Waals surface area (Å²) in [6.07, 6.45) is 9.86. The maximum atomic E-state index is 13.3. The number of terminal acetylenes is 1. The maximum Gasteiger partial charge on any atom is 0.333 e.